The number of anilines is 1. The Morgan fingerprint density at radius 3 is 2.27 bits per heavy atom. The van der Waals surface area contributed by atoms with E-state index in [1.807, 2.05) is 24.3 Å². The molecule has 1 fully saturated rings. The molecule has 3 aromatic rings. The average molecular weight is 359 g/mol. The van der Waals surface area contributed by atoms with Crippen LogP contribution in [-0.2, 0) is 10.9 Å². The van der Waals surface area contributed by atoms with Crippen LogP contribution in [-0.4, -0.2) is 36.3 Å². The van der Waals surface area contributed by atoms with Crippen molar-refractivity contribution in [2.45, 2.75) is 6.18 Å². The number of halogens is 3. The fourth-order valence-corrected chi connectivity index (χ4v) is 3.01. The van der Waals surface area contributed by atoms with Gasteiger partial charge >= 0.3 is 6.18 Å². The van der Waals surface area contributed by atoms with Gasteiger partial charge in [0, 0.05) is 24.0 Å². The molecule has 134 valence electrons. The smallest absolute Gasteiger partial charge is 0.378 e. The van der Waals surface area contributed by atoms with Crippen molar-refractivity contribution in [3.05, 3.63) is 54.1 Å². The van der Waals surface area contributed by atoms with E-state index in [0.29, 0.717) is 37.7 Å². The Bertz CT molecular complexity index is 919. The van der Waals surface area contributed by atoms with E-state index in [1.165, 1.54) is 12.1 Å². The Morgan fingerprint density at radius 1 is 0.885 bits per heavy atom. The van der Waals surface area contributed by atoms with Crippen LogP contribution in [0.1, 0.15) is 5.56 Å². The second kappa shape index (κ2) is 6.57. The zero-order chi connectivity index (χ0) is 18.1. The largest absolute Gasteiger partial charge is 0.416 e. The lowest BCUT2D eigenvalue weighted by molar-refractivity contribution is -0.137. The van der Waals surface area contributed by atoms with Gasteiger partial charge in [-0.1, -0.05) is 24.3 Å². The molecule has 1 saturated heterocycles. The van der Waals surface area contributed by atoms with Gasteiger partial charge in [0.1, 0.15) is 5.82 Å². The number of morpholine rings is 1. The van der Waals surface area contributed by atoms with Gasteiger partial charge < -0.3 is 9.64 Å². The van der Waals surface area contributed by atoms with Crippen molar-refractivity contribution in [3.63, 3.8) is 0 Å². The summed E-state index contributed by atoms with van der Waals surface area (Å²) in [5.41, 5.74) is 0.632. The van der Waals surface area contributed by atoms with Crippen molar-refractivity contribution in [1.82, 2.24) is 9.97 Å². The number of para-hydroxylation sites is 1. The summed E-state index contributed by atoms with van der Waals surface area (Å²) in [6.07, 6.45) is -4.36. The summed E-state index contributed by atoms with van der Waals surface area (Å²) >= 11 is 0. The monoisotopic (exact) mass is 359 g/mol. The van der Waals surface area contributed by atoms with E-state index in [4.69, 9.17) is 4.74 Å². The number of ether oxygens (including phenoxy) is 1. The molecule has 1 aliphatic heterocycles. The molecular weight excluding hydrogens is 343 g/mol. The van der Waals surface area contributed by atoms with E-state index < -0.39 is 11.7 Å². The number of hydrogen-bond donors (Lipinski definition) is 0. The van der Waals surface area contributed by atoms with Crippen LogP contribution < -0.4 is 4.90 Å². The zero-order valence-corrected chi connectivity index (χ0v) is 13.8. The van der Waals surface area contributed by atoms with Gasteiger partial charge in [0.05, 0.1) is 24.3 Å². The Balaban J connectivity index is 1.80. The first-order valence-electron chi connectivity index (χ1n) is 8.29. The Labute approximate surface area is 148 Å². The minimum Gasteiger partial charge on any atom is -0.378 e. The van der Waals surface area contributed by atoms with Crippen LogP contribution in [0.5, 0.6) is 0 Å². The minimum atomic E-state index is -4.36. The van der Waals surface area contributed by atoms with Crippen LogP contribution in [0.15, 0.2) is 48.5 Å². The third-order valence-electron chi connectivity index (χ3n) is 4.36. The van der Waals surface area contributed by atoms with Crippen LogP contribution in [0.4, 0.5) is 19.0 Å². The van der Waals surface area contributed by atoms with Crippen molar-refractivity contribution in [2.75, 3.05) is 31.2 Å². The minimum absolute atomic E-state index is 0.416. The maximum Gasteiger partial charge on any atom is 0.416 e. The van der Waals surface area contributed by atoms with Crippen LogP contribution in [0.25, 0.3) is 22.3 Å². The highest BCUT2D eigenvalue weighted by atomic mass is 19.4. The second-order valence-electron chi connectivity index (χ2n) is 6.06. The van der Waals surface area contributed by atoms with Crippen molar-refractivity contribution in [3.8, 4) is 11.4 Å². The lowest BCUT2D eigenvalue weighted by atomic mass is 10.1. The highest BCUT2D eigenvalue weighted by Gasteiger charge is 2.30. The normalized spacial score (nSPS) is 15.4. The first-order chi connectivity index (χ1) is 12.5. The van der Waals surface area contributed by atoms with E-state index >= 15 is 0 Å². The summed E-state index contributed by atoms with van der Waals surface area (Å²) in [5.74, 6) is 1.20. The van der Waals surface area contributed by atoms with Crippen molar-refractivity contribution < 1.29 is 17.9 Å². The van der Waals surface area contributed by atoms with Crippen molar-refractivity contribution in [1.29, 1.82) is 0 Å². The van der Waals surface area contributed by atoms with Crippen molar-refractivity contribution >= 4 is 16.7 Å². The van der Waals surface area contributed by atoms with Crippen LogP contribution in [0.3, 0.4) is 0 Å². The predicted molar refractivity (Wildman–Crippen MR) is 93.0 cm³/mol. The highest BCUT2D eigenvalue weighted by molar-refractivity contribution is 5.91. The molecule has 7 heteroatoms. The Morgan fingerprint density at radius 2 is 1.58 bits per heavy atom. The number of hydrogen-bond acceptors (Lipinski definition) is 4. The van der Waals surface area contributed by atoms with Crippen LogP contribution in [0.2, 0.25) is 0 Å². The third kappa shape index (κ3) is 3.22. The molecular formula is C19H16F3N3O. The fourth-order valence-electron chi connectivity index (χ4n) is 3.01. The van der Waals surface area contributed by atoms with E-state index in [2.05, 4.69) is 14.9 Å². The number of benzene rings is 2. The van der Waals surface area contributed by atoms with E-state index in [9.17, 15) is 13.2 Å². The lowest BCUT2D eigenvalue weighted by Gasteiger charge is -2.29. The number of fused-ring (bicyclic) bond motifs is 1. The molecule has 0 amide bonds. The first kappa shape index (κ1) is 16.8. The number of nitrogens with zero attached hydrogens (tertiary/aromatic N) is 3. The van der Waals surface area contributed by atoms with Gasteiger partial charge in [-0.3, -0.25) is 0 Å². The summed E-state index contributed by atoms with van der Waals surface area (Å²) in [5, 5.41) is 0.921. The van der Waals surface area contributed by atoms with Gasteiger partial charge in [0.15, 0.2) is 5.82 Å². The molecule has 0 N–H and O–H groups in total. The number of alkyl halides is 3. The molecule has 2 heterocycles. The molecule has 26 heavy (non-hydrogen) atoms. The molecule has 0 radical (unpaired) electrons. The first-order valence-corrected chi connectivity index (χ1v) is 8.29. The summed E-state index contributed by atoms with van der Waals surface area (Å²) in [6.45, 7) is 2.67. The average Bonchev–Trinajstić information content (AvgIpc) is 2.67. The maximum atomic E-state index is 12.8. The summed E-state index contributed by atoms with van der Waals surface area (Å²) < 4.78 is 43.8. The zero-order valence-electron chi connectivity index (χ0n) is 13.8. The predicted octanol–water partition coefficient (Wildman–Crippen LogP) is 4.15. The molecule has 1 aromatic heterocycles. The molecule has 1 aliphatic rings. The van der Waals surface area contributed by atoms with E-state index in [0.717, 1.165) is 28.9 Å². The van der Waals surface area contributed by atoms with Crippen LogP contribution in [0, 0.1) is 0 Å². The number of aromatic nitrogens is 2. The second-order valence-corrected chi connectivity index (χ2v) is 6.06. The third-order valence-corrected chi connectivity index (χ3v) is 4.36. The van der Waals surface area contributed by atoms with Gasteiger partial charge in [0.25, 0.3) is 0 Å². The maximum absolute atomic E-state index is 12.8. The van der Waals surface area contributed by atoms with Gasteiger partial charge in [0.2, 0.25) is 0 Å². The molecule has 0 spiro atoms. The molecule has 0 saturated carbocycles. The molecule has 0 unspecified atom stereocenters. The van der Waals surface area contributed by atoms with Gasteiger partial charge in [-0.2, -0.15) is 13.2 Å². The van der Waals surface area contributed by atoms with Gasteiger partial charge in [-0.25, -0.2) is 9.97 Å². The summed E-state index contributed by atoms with van der Waals surface area (Å²) in [4.78, 5) is 11.3. The van der Waals surface area contributed by atoms with E-state index in [1.54, 1.807) is 0 Å². The Kier molecular flexibility index (Phi) is 4.24. The molecule has 0 bridgehead atoms. The molecule has 2 aromatic carbocycles. The molecule has 4 nitrogen and oxygen atoms in total. The van der Waals surface area contributed by atoms with Crippen LogP contribution >= 0.6 is 0 Å². The molecule has 0 aliphatic carbocycles. The Hall–Kier alpha value is -2.67. The fraction of sp³-hybridized carbons (Fsp3) is 0.263. The SMILES string of the molecule is FC(F)(F)c1ccc(-c2nc(N3CCOCC3)c3ccccc3n2)cc1. The van der Waals surface area contributed by atoms with Gasteiger partial charge in [-0.05, 0) is 24.3 Å². The quantitative estimate of drug-likeness (QED) is 0.689. The van der Waals surface area contributed by atoms with E-state index in [-0.39, 0.29) is 0 Å². The molecule has 4 rings (SSSR count). The number of rotatable bonds is 2. The van der Waals surface area contributed by atoms with Gasteiger partial charge in [-0.15, -0.1) is 0 Å². The summed E-state index contributed by atoms with van der Waals surface area (Å²) in [7, 11) is 0. The summed E-state index contributed by atoms with van der Waals surface area (Å²) in [6, 6.07) is 12.6. The lowest BCUT2D eigenvalue weighted by Crippen LogP contribution is -2.37. The standard InChI is InChI=1S/C19H16F3N3O/c20-19(21,22)14-7-5-13(6-8-14)17-23-16-4-2-1-3-15(16)18(24-17)25-9-11-26-12-10-25/h1-8H,9-12H2. The van der Waals surface area contributed by atoms with Crippen molar-refractivity contribution in [2.24, 2.45) is 0 Å². The highest BCUT2D eigenvalue weighted by Crippen LogP contribution is 2.32. The molecule has 0 atom stereocenters. The topological polar surface area (TPSA) is 38.2 Å².